The van der Waals surface area contributed by atoms with E-state index < -0.39 is 9.05 Å². The Hall–Kier alpha value is -1.00. The van der Waals surface area contributed by atoms with Crippen LogP contribution in [0.3, 0.4) is 0 Å². The third kappa shape index (κ3) is 1.87. The molecule has 5 heteroatoms. The number of hydrogen-bond acceptors (Lipinski definition) is 2. The van der Waals surface area contributed by atoms with Gasteiger partial charge in [-0.05, 0) is 18.1 Å². The van der Waals surface area contributed by atoms with Gasteiger partial charge in [0.25, 0.3) is 9.05 Å². The summed E-state index contributed by atoms with van der Waals surface area (Å²) in [6.45, 7) is 2.04. The second-order valence-corrected chi connectivity index (χ2v) is 5.86. The molecule has 2 aromatic rings. The molecule has 0 spiro atoms. The predicted molar refractivity (Wildman–Crippen MR) is 60.7 cm³/mol. The molecule has 1 aromatic heterocycles. The molecule has 3 nitrogen and oxygen atoms in total. The second-order valence-electron chi connectivity index (χ2n) is 3.32. The number of nitrogens with one attached hydrogen (secondary N) is 1. The van der Waals surface area contributed by atoms with Crippen LogP contribution in [0.15, 0.2) is 29.3 Å². The number of benzene rings is 1. The third-order valence-electron chi connectivity index (χ3n) is 2.38. The van der Waals surface area contributed by atoms with E-state index in [1.165, 1.54) is 6.20 Å². The van der Waals surface area contributed by atoms with Gasteiger partial charge >= 0.3 is 0 Å². The van der Waals surface area contributed by atoms with E-state index in [2.05, 4.69) is 4.98 Å². The lowest BCUT2D eigenvalue weighted by atomic mass is 10.1. The Balaban J connectivity index is 2.73. The summed E-state index contributed by atoms with van der Waals surface area (Å²) < 4.78 is 22.4. The molecular weight excluding hydrogens is 234 g/mol. The summed E-state index contributed by atoms with van der Waals surface area (Å²) >= 11 is 0. The number of rotatable bonds is 2. The van der Waals surface area contributed by atoms with E-state index in [1.807, 2.05) is 19.1 Å². The lowest BCUT2D eigenvalue weighted by molar-refractivity contribution is 0.610. The van der Waals surface area contributed by atoms with Crippen LogP contribution in [0.5, 0.6) is 0 Å². The Morgan fingerprint density at radius 1 is 1.40 bits per heavy atom. The van der Waals surface area contributed by atoms with E-state index in [1.54, 1.807) is 6.07 Å². The second kappa shape index (κ2) is 3.54. The van der Waals surface area contributed by atoms with Gasteiger partial charge in [0.2, 0.25) is 0 Å². The van der Waals surface area contributed by atoms with E-state index in [0.29, 0.717) is 5.39 Å². The van der Waals surface area contributed by atoms with Gasteiger partial charge in [-0.2, -0.15) is 0 Å². The maximum Gasteiger partial charge on any atom is 0.263 e. The number of hydrogen-bond donors (Lipinski definition) is 1. The fraction of sp³-hybridized carbons (Fsp3) is 0.200. The van der Waals surface area contributed by atoms with Crippen molar-refractivity contribution in [3.05, 3.63) is 30.0 Å². The summed E-state index contributed by atoms with van der Waals surface area (Å²) in [4.78, 5) is 3.05. The summed E-state index contributed by atoms with van der Waals surface area (Å²) in [6, 6.07) is 5.61. The first-order chi connectivity index (χ1) is 7.02. The molecule has 0 atom stereocenters. The van der Waals surface area contributed by atoms with Crippen molar-refractivity contribution in [1.29, 1.82) is 0 Å². The first-order valence-corrected chi connectivity index (χ1v) is 6.88. The van der Waals surface area contributed by atoms with Crippen molar-refractivity contribution in [2.45, 2.75) is 18.2 Å². The zero-order valence-electron chi connectivity index (χ0n) is 8.12. The number of aryl methyl sites for hydroxylation is 1. The molecule has 0 aliphatic carbocycles. The van der Waals surface area contributed by atoms with Gasteiger partial charge in [-0.15, -0.1) is 0 Å². The molecule has 15 heavy (non-hydrogen) atoms. The van der Waals surface area contributed by atoms with E-state index >= 15 is 0 Å². The van der Waals surface area contributed by atoms with Crippen LogP contribution in [-0.2, 0) is 15.5 Å². The molecule has 1 heterocycles. The zero-order valence-corrected chi connectivity index (χ0v) is 9.69. The summed E-state index contributed by atoms with van der Waals surface area (Å²) in [7, 11) is 1.64. The Morgan fingerprint density at radius 3 is 2.73 bits per heavy atom. The minimum absolute atomic E-state index is 0.141. The van der Waals surface area contributed by atoms with Gasteiger partial charge in [-0.1, -0.05) is 19.1 Å². The fourth-order valence-electron chi connectivity index (χ4n) is 1.57. The summed E-state index contributed by atoms with van der Waals surface area (Å²) in [6.07, 6.45) is 2.34. The Morgan fingerprint density at radius 2 is 2.13 bits per heavy atom. The molecule has 0 saturated heterocycles. The lowest BCUT2D eigenvalue weighted by Crippen LogP contribution is -1.88. The van der Waals surface area contributed by atoms with E-state index in [-0.39, 0.29) is 4.90 Å². The first-order valence-electron chi connectivity index (χ1n) is 4.57. The van der Waals surface area contributed by atoms with E-state index in [9.17, 15) is 8.42 Å². The summed E-state index contributed by atoms with van der Waals surface area (Å²) in [5.41, 5.74) is 1.96. The normalized spacial score (nSPS) is 12.1. The molecule has 1 N–H and O–H groups in total. The third-order valence-corrected chi connectivity index (χ3v) is 3.74. The standard InChI is InChI=1S/C10H10ClNO2S/c1-2-7-3-4-8-9(5-7)12-6-10(8)15(11,13)14/h3-6,12H,2H2,1H3. The highest BCUT2D eigenvalue weighted by Crippen LogP contribution is 2.26. The molecule has 0 bridgehead atoms. The van der Waals surface area contributed by atoms with Gasteiger partial charge < -0.3 is 4.98 Å². The molecule has 0 aliphatic rings. The largest absolute Gasteiger partial charge is 0.360 e. The molecule has 2 rings (SSSR count). The van der Waals surface area contributed by atoms with Crippen molar-refractivity contribution in [3.63, 3.8) is 0 Å². The molecule has 0 radical (unpaired) electrons. The van der Waals surface area contributed by atoms with Crippen LogP contribution in [0.25, 0.3) is 10.9 Å². The van der Waals surface area contributed by atoms with Gasteiger partial charge in [-0.25, -0.2) is 8.42 Å². The lowest BCUT2D eigenvalue weighted by Gasteiger charge is -1.97. The van der Waals surface area contributed by atoms with E-state index in [4.69, 9.17) is 10.7 Å². The predicted octanol–water partition coefficient (Wildman–Crippen LogP) is 2.66. The van der Waals surface area contributed by atoms with Crippen LogP contribution in [0.2, 0.25) is 0 Å². The molecule has 0 aliphatic heterocycles. The van der Waals surface area contributed by atoms with Gasteiger partial charge in [-0.3, -0.25) is 0 Å². The van der Waals surface area contributed by atoms with Crippen LogP contribution in [0, 0.1) is 0 Å². The number of aromatic amines is 1. The van der Waals surface area contributed by atoms with Gasteiger partial charge in [0.05, 0.1) is 0 Å². The van der Waals surface area contributed by atoms with Crippen molar-refractivity contribution in [3.8, 4) is 0 Å². The molecule has 0 fully saturated rings. The fourth-order valence-corrected chi connectivity index (χ4v) is 2.59. The SMILES string of the molecule is CCc1ccc2c(S(=O)(=O)Cl)c[nH]c2c1. The van der Waals surface area contributed by atoms with Crippen molar-refractivity contribution in [2.24, 2.45) is 0 Å². The maximum atomic E-state index is 11.2. The summed E-state index contributed by atoms with van der Waals surface area (Å²) in [5.74, 6) is 0. The molecule has 0 amide bonds. The molecular formula is C10H10ClNO2S. The number of fused-ring (bicyclic) bond motifs is 1. The van der Waals surface area contributed by atoms with Gasteiger partial charge in [0.1, 0.15) is 4.90 Å². The van der Waals surface area contributed by atoms with E-state index in [0.717, 1.165) is 17.5 Å². The first kappa shape index (κ1) is 10.5. The van der Waals surface area contributed by atoms with Crippen molar-refractivity contribution in [1.82, 2.24) is 4.98 Å². The number of H-pyrrole nitrogens is 1. The summed E-state index contributed by atoms with van der Waals surface area (Å²) in [5, 5.41) is 0.641. The average Bonchev–Trinajstić information content (AvgIpc) is 2.59. The quantitative estimate of drug-likeness (QED) is 0.825. The van der Waals surface area contributed by atoms with Crippen LogP contribution >= 0.6 is 10.7 Å². The van der Waals surface area contributed by atoms with Gasteiger partial charge in [0.15, 0.2) is 0 Å². The zero-order chi connectivity index (χ0) is 11.1. The monoisotopic (exact) mass is 243 g/mol. The van der Waals surface area contributed by atoms with Crippen molar-refractivity contribution in [2.75, 3.05) is 0 Å². The Labute approximate surface area is 92.5 Å². The molecule has 0 saturated carbocycles. The Kier molecular flexibility index (Phi) is 2.48. The average molecular weight is 244 g/mol. The van der Waals surface area contributed by atoms with Gasteiger partial charge in [0, 0.05) is 27.8 Å². The van der Waals surface area contributed by atoms with Crippen LogP contribution in [-0.4, -0.2) is 13.4 Å². The van der Waals surface area contributed by atoms with Crippen LogP contribution < -0.4 is 0 Å². The maximum absolute atomic E-state index is 11.2. The highest BCUT2D eigenvalue weighted by Gasteiger charge is 2.15. The highest BCUT2D eigenvalue weighted by atomic mass is 35.7. The topological polar surface area (TPSA) is 49.9 Å². The van der Waals surface area contributed by atoms with Crippen molar-refractivity contribution >= 4 is 30.6 Å². The minimum atomic E-state index is -3.66. The number of aromatic nitrogens is 1. The van der Waals surface area contributed by atoms with Crippen molar-refractivity contribution < 1.29 is 8.42 Å². The number of halogens is 1. The molecule has 0 unspecified atom stereocenters. The highest BCUT2D eigenvalue weighted by molar-refractivity contribution is 8.14. The minimum Gasteiger partial charge on any atom is -0.360 e. The molecule has 80 valence electrons. The Bertz CT molecular complexity index is 601. The van der Waals surface area contributed by atoms with Crippen LogP contribution in [0.4, 0.5) is 0 Å². The molecule has 1 aromatic carbocycles. The smallest absolute Gasteiger partial charge is 0.263 e. The van der Waals surface area contributed by atoms with Crippen LogP contribution in [0.1, 0.15) is 12.5 Å².